The van der Waals surface area contributed by atoms with Crippen LogP contribution in [0.4, 0.5) is 4.39 Å². The van der Waals surface area contributed by atoms with Crippen molar-refractivity contribution >= 4 is 11.3 Å². The molecule has 0 aliphatic carbocycles. The fourth-order valence-corrected chi connectivity index (χ4v) is 2.74. The van der Waals surface area contributed by atoms with Gasteiger partial charge in [0.1, 0.15) is 16.6 Å². The molecule has 0 fully saturated rings. The first-order valence-corrected chi connectivity index (χ1v) is 7.05. The Morgan fingerprint density at radius 3 is 2.68 bits per heavy atom. The Labute approximate surface area is 117 Å². The lowest BCUT2D eigenvalue weighted by molar-refractivity contribution is 0.407. The van der Waals surface area contributed by atoms with Crippen LogP contribution >= 0.6 is 11.3 Å². The molecule has 102 valence electrons. The molecule has 0 spiro atoms. The highest BCUT2D eigenvalue weighted by Gasteiger charge is 2.16. The van der Waals surface area contributed by atoms with Gasteiger partial charge in [-0.05, 0) is 30.0 Å². The lowest BCUT2D eigenvalue weighted by Crippen LogP contribution is -2.09. The van der Waals surface area contributed by atoms with Crippen LogP contribution in [0, 0.1) is 11.2 Å². The third-order valence-electron chi connectivity index (χ3n) is 2.66. The third kappa shape index (κ3) is 3.53. The van der Waals surface area contributed by atoms with Gasteiger partial charge in [0, 0.05) is 5.38 Å². The lowest BCUT2D eigenvalue weighted by atomic mass is 9.91. The van der Waals surface area contributed by atoms with E-state index in [4.69, 9.17) is 4.74 Å². The van der Waals surface area contributed by atoms with Crippen LogP contribution in [0.5, 0.6) is 5.75 Å². The van der Waals surface area contributed by atoms with E-state index >= 15 is 0 Å². The third-order valence-corrected chi connectivity index (χ3v) is 3.58. The van der Waals surface area contributed by atoms with E-state index in [1.54, 1.807) is 13.2 Å². The van der Waals surface area contributed by atoms with Crippen molar-refractivity contribution in [3.63, 3.8) is 0 Å². The molecule has 0 atom stereocenters. The van der Waals surface area contributed by atoms with Gasteiger partial charge in [-0.25, -0.2) is 9.37 Å². The number of ether oxygens (including phenoxy) is 1. The van der Waals surface area contributed by atoms with E-state index in [1.807, 2.05) is 5.38 Å². The molecular weight excluding hydrogens is 261 g/mol. The molecule has 0 amide bonds. The molecule has 0 saturated heterocycles. The highest BCUT2D eigenvalue weighted by Crippen LogP contribution is 2.34. The summed E-state index contributed by atoms with van der Waals surface area (Å²) in [6.45, 7) is 6.53. The van der Waals surface area contributed by atoms with Crippen LogP contribution in [-0.2, 0) is 6.42 Å². The van der Waals surface area contributed by atoms with Crippen LogP contribution in [0.2, 0.25) is 0 Å². The van der Waals surface area contributed by atoms with E-state index in [0.29, 0.717) is 11.3 Å². The number of rotatable bonds is 3. The van der Waals surface area contributed by atoms with Gasteiger partial charge in [0.25, 0.3) is 0 Å². The quantitative estimate of drug-likeness (QED) is 0.822. The smallest absolute Gasteiger partial charge is 0.129 e. The number of thiazole rings is 1. The SMILES string of the molecule is COc1ccc(F)cc1-c1nc(CC(C)(C)C)cs1. The molecule has 1 aromatic heterocycles. The maximum absolute atomic E-state index is 13.4. The topological polar surface area (TPSA) is 22.1 Å². The zero-order chi connectivity index (χ0) is 14.0. The largest absolute Gasteiger partial charge is 0.496 e. The summed E-state index contributed by atoms with van der Waals surface area (Å²) in [5, 5.41) is 2.83. The normalized spacial score (nSPS) is 11.6. The van der Waals surface area contributed by atoms with E-state index in [2.05, 4.69) is 25.8 Å². The van der Waals surface area contributed by atoms with Crippen molar-refractivity contribution in [2.45, 2.75) is 27.2 Å². The summed E-state index contributed by atoms with van der Waals surface area (Å²) >= 11 is 1.52. The molecule has 0 radical (unpaired) electrons. The first-order valence-electron chi connectivity index (χ1n) is 6.17. The van der Waals surface area contributed by atoms with Crippen LogP contribution in [0.3, 0.4) is 0 Å². The minimum absolute atomic E-state index is 0.192. The van der Waals surface area contributed by atoms with Crippen molar-refractivity contribution in [2.24, 2.45) is 5.41 Å². The number of nitrogens with zero attached hydrogens (tertiary/aromatic N) is 1. The molecule has 19 heavy (non-hydrogen) atoms. The maximum atomic E-state index is 13.4. The first-order chi connectivity index (χ1) is 8.89. The number of hydrogen-bond acceptors (Lipinski definition) is 3. The second-order valence-corrected chi connectivity index (χ2v) is 6.58. The fourth-order valence-electron chi connectivity index (χ4n) is 1.90. The average Bonchev–Trinajstić information content (AvgIpc) is 2.75. The number of methoxy groups -OCH3 is 1. The fraction of sp³-hybridized carbons (Fsp3) is 0.400. The summed E-state index contributed by atoms with van der Waals surface area (Å²) < 4.78 is 18.6. The minimum atomic E-state index is -0.275. The number of benzene rings is 1. The second kappa shape index (κ2) is 5.29. The maximum Gasteiger partial charge on any atom is 0.129 e. The van der Waals surface area contributed by atoms with E-state index < -0.39 is 0 Å². The van der Waals surface area contributed by atoms with Gasteiger partial charge in [-0.1, -0.05) is 20.8 Å². The second-order valence-electron chi connectivity index (χ2n) is 5.73. The summed E-state index contributed by atoms with van der Waals surface area (Å²) in [7, 11) is 1.58. The zero-order valence-corrected chi connectivity index (χ0v) is 12.5. The number of aromatic nitrogens is 1. The molecule has 4 heteroatoms. The van der Waals surface area contributed by atoms with Gasteiger partial charge >= 0.3 is 0 Å². The van der Waals surface area contributed by atoms with Crippen molar-refractivity contribution in [2.75, 3.05) is 7.11 Å². The molecule has 2 nitrogen and oxygen atoms in total. The van der Waals surface area contributed by atoms with Gasteiger partial charge in [-0.2, -0.15) is 0 Å². The Morgan fingerprint density at radius 2 is 2.05 bits per heavy atom. The molecule has 2 aromatic rings. The molecule has 1 heterocycles. The first kappa shape index (κ1) is 14.0. The Balaban J connectivity index is 2.35. The van der Waals surface area contributed by atoms with Crippen LogP contribution in [-0.4, -0.2) is 12.1 Å². The summed E-state index contributed by atoms with van der Waals surface area (Å²) in [5.41, 5.74) is 1.95. The standard InChI is InChI=1S/C15H18FNOS/c1-15(2,3)8-11-9-19-14(17-11)12-7-10(16)5-6-13(12)18-4/h5-7,9H,8H2,1-4H3. The lowest BCUT2D eigenvalue weighted by Gasteiger charge is -2.15. The average molecular weight is 279 g/mol. The van der Waals surface area contributed by atoms with Crippen molar-refractivity contribution in [3.05, 3.63) is 35.1 Å². The van der Waals surface area contributed by atoms with Gasteiger partial charge in [0.2, 0.25) is 0 Å². The highest BCUT2D eigenvalue weighted by atomic mass is 32.1. The van der Waals surface area contributed by atoms with E-state index in [0.717, 1.165) is 17.1 Å². The molecule has 0 saturated carbocycles. The number of halogens is 1. The monoisotopic (exact) mass is 279 g/mol. The predicted molar refractivity (Wildman–Crippen MR) is 77.2 cm³/mol. The molecular formula is C15H18FNOS. The molecule has 2 rings (SSSR count). The highest BCUT2D eigenvalue weighted by molar-refractivity contribution is 7.13. The minimum Gasteiger partial charge on any atom is -0.496 e. The van der Waals surface area contributed by atoms with Crippen LogP contribution in [0.15, 0.2) is 23.6 Å². The van der Waals surface area contributed by atoms with Gasteiger partial charge in [0.15, 0.2) is 0 Å². The van der Waals surface area contributed by atoms with Crippen molar-refractivity contribution in [3.8, 4) is 16.3 Å². The van der Waals surface area contributed by atoms with E-state index in [9.17, 15) is 4.39 Å². The molecule has 0 bridgehead atoms. The Morgan fingerprint density at radius 1 is 1.32 bits per heavy atom. The van der Waals surface area contributed by atoms with Gasteiger partial charge in [-0.3, -0.25) is 0 Å². The summed E-state index contributed by atoms with van der Waals surface area (Å²) in [6, 6.07) is 4.50. The summed E-state index contributed by atoms with van der Waals surface area (Å²) in [4.78, 5) is 4.59. The van der Waals surface area contributed by atoms with Crippen molar-refractivity contribution in [1.82, 2.24) is 4.98 Å². The molecule has 0 unspecified atom stereocenters. The molecule has 0 aliphatic rings. The Bertz CT molecular complexity index is 572. The summed E-state index contributed by atoms with van der Waals surface area (Å²) in [5.74, 6) is 0.376. The molecule has 0 N–H and O–H groups in total. The number of hydrogen-bond donors (Lipinski definition) is 0. The van der Waals surface area contributed by atoms with E-state index in [1.165, 1.54) is 23.5 Å². The van der Waals surface area contributed by atoms with Crippen LogP contribution in [0.1, 0.15) is 26.5 Å². The van der Waals surface area contributed by atoms with Crippen molar-refractivity contribution in [1.29, 1.82) is 0 Å². The predicted octanol–water partition coefficient (Wildman–Crippen LogP) is 4.55. The van der Waals surface area contributed by atoms with Crippen LogP contribution < -0.4 is 4.74 Å². The molecule has 1 aromatic carbocycles. The van der Waals surface area contributed by atoms with E-state index in [-0.39, 0.29) is 11.2 Å². The summed E-state index contributed by atoms with van der Waals surface area (Å²) in [6.07, 6.45) is 0.904. The van der Waals surface area contributed by atoms with Crippen LogP contribution in [0.25, 0.3) is 10.6 Å². The Hall–Kier alpha value is -1.42. The van der Waals surface area contributed by atoms with Crippen molar-refractivity contribution < 1.29 is 9.13 Å². The van der Waals surface area contributed by atoms with Gasteiger partial charge < -0.3 is 4.74 Å². The zero-order valence-electron chi connectivity index (χ0n) is 11.7. The molecule has 0 aliphatic heterocycles. The van der Waals surface area contributed by atoms with Gasteiger partial charge in [0.05, 0.1) is 18.4 Å². The van der Waals surface area contributed by atoms with Gasteiger partial charge in [-0.15, -0.1) is 11.3 Å². The Kier molecular flexibility index (Phi) is 3.90.